The largest absolute Gasteiger partial charge is 0.493 e. The molecule has 0 saturated carbocycles. The van der Waals surface area contributed by atoms with E-state index >= 15 is 4.39 Å². The number of nitrogens with one attached hydrogen (secondary N) is 1. The zero-order valence-electron chi connectivity index (χ0n) is 18.9. The second-order valence-corrected chi connectivity index (χ2v) is 9.18. The van der Waals surface area contributed by atoms with Crippen LogP contribution < -0.4 is 19.5 Å². The highest BCUT2D eigenvalue weighted by Crippen LogP contribution is 2.41. The molecule has 2 N–H and O–H groups in total. The molecule has 5 rings (SSSR count). The zero-order valence-corrected chi connectivity index (χ0v) is 19.8. The molecule has 3 heterocycles. The lowest BCUT2D eigenvalue weighted by molar-refractivity contribution is -0.116. The van der Waals surface area contributed by atoms with Crippen LogP contribution in [-0.2, 0) is 11.4 Å². The van der Waals surface area contributed by atoms with Crippen molar-refractivity contribution in [1.82, 2.24) is 0 Å². The first kappa shape index (κ1) is 24.6. The number of aromatic carboxylic acids is 1. The maximum absolute atomic E-state index is 15.3. The van der Waals surface area contributed by atoms with Gasteiger partial charge in [0.25, 0.3) is 0 Å². The number of amides is 1. The lowest BCUT2D eigenvalue weighted by Gasteiger charge is -2.24. The number of hydrogen-bond acceptors (Lipinski definition) is 7. The van der Waals surface area contributed by atoms with Crippen LogP contribution >= 0.6 is 11.3 Å². The Morgan fingerprint density at radius 2 is 1.68 bits per heavy atom. The van der Waals surface area contributed by atoms with Crippen molar-refractivity contribution < 1.29 is 46.9 Å². The third kappa shape index (κ3) is 4.48. The van der Waals surface area contributed by atoms with Crippen molar-refractivity contribution in [3.8, 4) is 17.2 Å². The number of carbonyl (C=O) groups is 3. The Balaban J connectivity index is 1.56. The Hall–Kier alpha value is -4.06. The van der Waals surface area contributed by atoms with Crippen molar-refractivity contribution in [3.63, 3.8) is 0 Å². The first-order valence-electron chi connectivity index (χ1n) is 11.1. The number of rotatable bonds is 2. The van der Waals surface area contributed by atoms with Gasteiger partial charge in [0.2, 0.25) is 5.91 Å². The van der Waals surface area contributed by atoms with Crippen molar-refractivity contribution >= 4 is 34.7 Å². The first-order chi connectivity index (χ1) is 17.8. The van der Waals surface area contributed by atoms with Gasteiger partial charge in [0.15, 0.2) is 28.9 Å². The molecule has 2 aromatic carbocycles. The zero-order chi connectivity index (χ0) is 26.3. The van der Waals surface area contributed by atoms with E-state index in [9.17, 15) is 28.3 Å². The summed E-state index contributed by atoms with van der Waals surface area (Å²) in [6.07, 6.45) is 1.01. The fourth-order valence-electron chi connectivity index (χ4n) is 4.16. The van der Waals surface area contributed by atoms with E-state index in [0.29, 0.717) is 12.8 Å². The predicted molar refractivity (Wildman–Crippen MR) is 124 cm³/mol. The van der Waals surface area contributed by atoms with E-state index < -0.39 is 47.6 Å². The first-order valence-corrected chi connectivity index (χ1v) is 12.0. The normalized spacial score (nSPS) is 17.4. The van der Waals surface area contributed by atoms with E-state index in [1.807, 2.05) is 0 Å². The lowest BCUT2D eigenvalue weighted by Crippen LogP contribution is -2.34. The van der Waals surface area contributed by atoms with Gasteiger partial charge in [-0.05, 0) is 31.0 Å². The van der Waals surface area contributed by atoms with E-state index in [2.05, 4.69) is 5.32 Å². The molecule has 37 heavy (non-hydrogen) atoms. The van der Waals surface area contributed by atoms with Gasteiger partial charge in [-0.2, -0.15) is 0 Å². The molecule has 0 saturated heterocycles. The van der Waals surface area contributed by atoms with E-state index in [-0.39, 0.29) is 57.7 Å². The van der Waals surface area contributed by atoms with Crippen LogP contribution in [0.5, 0.6) is 17.2 Å². The topological polar surface area (TPSA) is 111 Å². The molecule has 1 unspecified atom stereocenters. The highest BCUT2D eigenvalue weighted by Gasteiger charge is 2.41. The second-order valence-electron chi connectivity index (χ2n) is 8.30. The molecular formula is C25H18F3NO7S. The van der Waals surface area contributed by atoms with Gasteiger partial charge in [0.1, 0.15) is 29.0 Å². The number of fused-ring (bicyclic) bond motifs is 3. The van der Waals surface area contributed by atoms with Gasteiger partial charge >= 0.3 is 5.97 Å². The third-order valence-electron chi connectivity index (χ3n) is 5.97. The van der Waals surface area contributed by atoms with Gasteiger partial charge in [-0.25, -0.2) is 18.0 Å². The molecule has 0 radical (unpaired) electrons. The minimum Gasteiger partial charge on any atom is -0.493 e. The summed E-state index contributed by atoms with van der Waals surface area (Å²) in [5.74, 6) is -8.17. The van der Waals surface area contributed by atoms with E-state index in [1.54, 1.807) is 0 Å². The second kappa shape index (κ2) is 9.77. The Morgan fingerprint density at radius 3 is 2.41 bits per heavy atom. The highest BCUT2D eigenvalue weighted by molar-refractivity contribution is 7.13. The van der Waals surface area contributed by atoms with Gasteiger partial charge in [-0.3, -0.25) is 9.59 Å². The number of anilines is 1. The van der Waals surface area contributed by atoms with Crippen LogP contribution in [0.2, 0.25) is 0 Å². The monoisotopic (exact) mass is 533 g/mol. The lowest BCUT2D eigenvalue weighted by atomic mass is 9.86. The number of carboxylic acid groups (broad SMARTS) is 1. The number of ether oxygens (including phenoxy) is 3. The summed E-state index contributed by atoms with van der Waals surface area (Å²) in [6, 6.07) is 4.23. The van der Waals surface area contributed by atoms with Gasteiger partial charge < -0.3 is 24.6 Å². The number of ketones is 1. The summed E-state index contributed by atoms with van der Waals surface area (Å²) >= 11 is 0.761. The van der Waals surface area contributed by atoms with Crippen LogP contribution in [0.1, 0.15) is 49.9 Å². The van der Waals surface area contributed by atoms with Crippen LogP contribution in [0, 0.1) is 17.5 Å². The fourth-order valence-corrected chi connectivity index (χ4v) is 5.01. The SMILES string of the molecule is O=C(O)c1scc2c1C(=O)C(c1cc3c(cc1F)OCCCCOc1ccc(F)c(F)c1CO3)C(=O)N2. The molecule has 192 valence electrons. The molecule has 3 aromatic rings. The van der Waals surface area contributed by atoms with Gasteiger partial charge in [-0.1, -0.05) is 0 Å². The van der Waals surface area contributed by atoms with E-state index in [4.69, 9.17) is 14.2 Å². The van der Waals surface area contributed by atoms with Gasteiger partial charge in [0.05, 0.1) is 30.0 Å². The van der Waals surface area contributed by atoms with Crippen LogP contribution in [0.3, 0.4) is 0 Å². The van der Waals surface area contributed by atoms with Crippen LogP contribution in [-0.4, -0.2) is 36.0 Å². The summed E-state index contributed by atoms with van der Waals surface area (Å²) in [6.45, 7) is -0.154. The van der Waals surface area contributed by atoms with Crippen LogP contribution in [0.15, 0.2) is 29.6 Å². The standard InChI is InChI=1S/C25H18F3NO7S/c26-13-3-4-16-12(21(13)28)9-36-17-7-11(14(27)8-18(17)35-6-2-1-5-34-16)19-22(30)20-15(29-24(19)31)10-37-23(20)25(32)33/h3-4,7-8,10,19H,1-2,5-6,9H2,(H,29,31)(H,32,33). The minimum absolute atomic E-state index is 0.0362. The molecule has 1 aromatic heterocycles. The number of thiophene rings is 1. The quantitative estimate of drug-likeness (QED) is 0.450. The van der Waals surface area contributed by atoms with Gasteiger partial charge in [0, 0.05) is 17.0 Å². The fraction of sp³-hybridized carbons (Fsp3) is 0.240. The molecule has 12 heteroatoms. The molecule has 1 amide bonds. The molecule has 0 spiro atoms. The van der Waals surface area contributed by atoms with Crippen LogP contribution in [0.25, 0.3) is 0 Å². The molecule has 8 nitrogen and oxygen atoms in total. The summed E-state index contributed by atoms with van der Waals surface area (Å²) in [5.41, 5.74) is -0.789. The summed E-state index contributed by atoms with van der Waals surface area (Å²) < 4.78 is 60.6. The minimum atomic E-state index is -1.71. The van der Waals surface area contributed by atoms with Crippen LogP contribution in [0.4, 0.5) is 18.9 Å². The van der Waals surface area contributed by atoms with Crippen molar-refractivity contribution in [2.45, 2.75) is 25.4 Å². The maximum Gasteiger partial charge on any atom is 0.346 e. The average Bonchev–Trinajstić information content (AvgIpc) is 3.28. The number of Topliss-reactive ketones (excluding diaryl/α,β-unsaturated/α-hetero) is 1. The summed E-state index contributed by atoms with van der Waals surface area (Å²) in [7, 11) is 0. The molecule has 0 fully saturated rings. The van der Waals surface area contributed by atoms with Gasteiger partial charge in [-0.15, -0.1) is 11.3 Å². The predicted octanol–water partition coefficient (Wildman–Crippen LogP) is 4.91. The molecular weight excluding hydrogens is 515 g/mol. The molecule has 0 aliphatic carbocycles. The van der Waals surface area contributed by atoms with Crippen molar-refractivity contribution in [1.29, 1.82) is 0 Å². The van der Waals surface area contributed by atoms with E-state index in [0.717, 1.165) is 29.5 Å². The smallest absolute Gasteiger partial charge is 0.346 e. The maximum atomic E-state index is 15.3. The number of benzene rings is 2. The third-order valence-corrected chi connectivity index (χ3v) is 6.93. The Morgan fingerprint density at radius 1 is 0.973 bits per heavy atom. The van der Waals surface area contributed by atoms with Crippen molar-refractivity contribution in [3.05, 3.63) is 68.7 Å². The van der Waals surface area contributed by atoms with Crippen molar-refractivity contribution in [2.75, 3.05) is 18.5 Å². The Labute approximate surface area is 211 Å². The van der Waals surface area contributed by atoms with E-state index in [1.165, 1.54) is 11.4 Å². The number of hydrogen-bond donors (Lipinski definition) is 2. The Kier molecular flexibility index (Phi) is 6.50. The van der Waals surface area contributed by atoms with Crippen molar-refractivity contribution in [2.24, 2.45) is 0 Å². The molecule has 2 aliphatic rings. The summed E-state index contributed by atoms with van der Waals surface area (Å²) in [5, 5.41) is 13.2. The molecule has 1 atom stereocenters. The number of carboxylic acids is 1. The number of carbonyl (C=O) groups excluding carboxylic acids is 2. The summed E-state index contributed by atoms with van der Waals surface area (Å²) in [4.78, 5) is 37.3. The Bertz CT molecular complexity index is 1440. The molecule has 2 aliphatic heterocycles. The number of halogens is 3. The highest BCUT2D eigenvalue weighted by atomic mass is 32.1. The average molecular weight is 533 g/mol. The molecule has 0 bridgehead atoms.